The second kappa shape index (κ2) is 5.48. The van der Waals surface area contributed by atoms with Gasteiger partial charge in [-0.1, -0.05) is 18.2 Å². The zero-order chi connectivity index (χ0) is 12.1. The van der Waals surface area contributed by atoms with E-state index < -0.39 is 0 Å². The summed E-state index contributed by atoms with van der Waals surface area (Å²) in [7, 11) is 0. The lowest BCUT2D eigenvalue weighted by Crippen LogP contribution is -2.30. The van der Waals surface area contributed by atoms with Gasteiger partial charge in [-0.15, -0.1) is 0 Å². The van der Waals surface area contributed by atoms with Gasteiger partial charge in [0.1, 0.15) is 0 Å². The Morgan fingerprint density at radius 1 is 0.882 bits per heavy atom. The molecule has 88 valence electrons. The summed E-state index contributed by atoms with van der Waals surface area (Å²) in [5.41, 5.74) is 2.47. The molecule has 0 N–H and O–H groups in total. The van der Waals surface area contributed by atoms with Gasteiger partial charge in [-0.3, -0.25) is 0 Å². The van der Waals surface area contributed by atoms with Gasteiger partial charge in [0.15, 0.2) is 12.4 Å². The summed E-state index contributed by atoms with van der Waals surface area (Å²) < 4.78 is 2.13. The number of hydrogen-bond acceptors (Lipinski definition) is 1. The third-order valence-corrected chi connectivity index (χ3v) is 2.99. The fourth-order valence-corrected chi connectivity index (χ4v) is 1.99. The Morgan fingerprint density at radius 2 is 1.47 bits per heavy atom. The fraction of sp³-hybridized carbons (Fsp3) is 0.267. The molecule has 2 rings (SSSR count). The summed E-state index contributed by atoms with van der Waals surface area (Å²) in [5, 5.41) is 0. The van der Waals surface area contributed by atoms with Crippen molar-refractivity contribution in [2.45, 2.75) is 13.8 Å². The van der Waals surface area contributed by atoms with Crippen LogP contribution in [0.15, 0.2) is 54.9 Å². The highest BCUT2D eigenvalue weighted by molar-refractivity contribution is 5.43. The Kier molecular flexibility index (Phi) is 3.76. The molecule has 0 unspecified atom stereocenters. The summed E-state index contributed by atoms with van der Waals surface area (Å²) in [4.78, 5) is 2.34. The number of para-hydroxylation sites is 1. The van der Waals surface area contributed by atoms with E-state index in [1.807, 2.05) is 6.07 Å². The van der Waals surface area contributed by atoms with Crippen LogP contribution >= 0.6 is 0 Å². The van der Waals surface area contributed by atoms with E-state index in [2.05, 4.69) is 72.1 Å². The average Bonchev–Trinajstić information content (AvgIpc) is 2.42. The smallest absolute Gasteiger partial charge is 0.210 e. The SMILES string of the molecule is CCN(CC)c1cc[n+](-c2ccccc2)cc1. The summed E-state index contributed by atoms with van der Waals surface area (Å²) in [6, 6.07) is 14.7. The molecule has 1 aromatic heterocycles. The van der Waals surface area contributed by atoms with Gasteiger partial charge in [-0.05, 0) is 13.8 Å². The molecule has 2 heteroatoms. The molecule has 0 aliphatic carbocycles. The summed E-state index contributed by atoms with van der Waals surface area (Å²) in [6.45, 7) is 6.46. The molecule has 0 aliphatic rings. The van der Waals surface area contributed by atoms with Gasteiger partial charge in [-0.25, -0.2) is 0 Å². The van der Waals surface area contributed by atoms with E-state index in [1.165, 1.54) is 11.4 Å². The Morgan fingerprint density at radius 3 is 2.00 bits per heavy atom. The molecule has 0 saturated heterocycles. The Bertz CT molecular complexity index is 444. The molecule has 0 radical (unpaired) electrons. The molecule has 0 atom stereocenters. The van der Waals surface area contributed by atoms with Gasteiger partial charge in [0, 0.05) is 43.0 Å². The quantitative estimate of drug-likeness (QED) is 0.729. The van der Waals surface area contributed by atoms with Crippen LogP contribution in [0.25, 0.3) is 5.69 Å². The number of anilines is 1. The second-order valence-corrected chi connectivity index (χ2v) is 3.97. The van der Waals surface area contributed by atoms with E-state index in [0.29, 0.717) is 0 Å². The molecule has 1 heterocycles. The Labute approximate surface area is 103 Å². The number of nitrogens with zero attached hydrogens (tertiary/aromatic N) is 2. The van der Waals surface area contributed by atoms with Gasteiger partial charge in [0.05, 0.1) is 0 Å². The van der Waals surface area contributed by atoms with Crippen molar-refractivity contribution >= 4 is 5.69 Å². The maximum absolute atomic E-state index is 2.34. The van der Waals surface area contributed by atoms with Crippen LogP contribution < -0.4 is 9.47 Å². The predicted octanol–water partition coefficient (Wildman–Crippen LogP) is 2.81. The van der Waals surface area contributed by atoms with Crippen LogP contribution in [0.2, 0.25) is 0 Å². The van der Waals surface area contributed by atoms with Crippen molar-refractivity contribution < 1.29 is 4.57 Å². The van der Waals surface area contributed by atoms with E-state index in [-0.39, 0.29) is 0 Å². The highest BCUT2D eigenvalue weighted by Crippen LogP contribution is 2.11. The molecule has 0 bridgehead atoms. The van der Waals surface area contributed by atoms with Crippen LogP contribution in [-0.4, -0.2) is 13.1 Å². The number of rotatable bonds is 4. The maximum Gasteiger partial charge on any atom is 0.210 e. The lowest BCUT2D eigenvalue weighted by Gasteiger charge is -2.19. The van der Waals surface area contributed by atoms with Gasteiger partial charge in [-0.2, -0.15) is 4.57 Å². The Hall–Kier alpha value is -1.83. The first-order valence-electron chi connectivity index (χ1n) is 6.16. The van der Waals surface area contributed by atoms with Crippen LogP contribution in [0, 0.1) is 0 Å². The van der Waals surface area contributed by atoms with Gasteiger partial charge in [0.25, 0.3) is 0 Å². The van der Waals surface area contributed by atoms with Crippen LogP contribution in [-0.2, 0) is 0 Å². The minimum absolute atomic E-state index is 1.05. The highest BCUT2D eigenvalue weighted by Gasteiger charge is 2.06. The molecule has 0 saturated carbocycles. The standard InChI is InChI=1S/C15H19N2/c1-3-16(4-2)15-10-12-17(13-11-15)14-8-6-5-7-9-14/h5-13H,3-4H2,1-2H3/q+1. The predicted molar refractivity (Wildman–Crippen MR) is 71.5 cm³/mol. The topological polar surface area (TPSA) is 7.12 Å². The van der Waals surface area contributed by atoms with Crippen LogP contribution in [0.3, 0.4) is 0 Å². The van der Waals surface area contributed by atoms with E-state index in [4.69, 9.17) is 0 Å². The van der Waals surface area contributed by atoms with E-state index >= 15 is 0 Å². The Balaban J connectivity index is 2.24. The van der Waals surface area contributed by atoms with Crippen molar-refractivity contribution in [1.82, 2.24) is 0 Å². The second-order valence-electron chi connectivity index (χ2n) is 3.97. The summed E-state index contributed by atoms with van der Waals surface area (Å²) >= 11 is 0. The molecule has 0 fully saturated rings. The third-order valence-electron chi connectivity index (χ3n) is 2.99. The van der Waals surface area contributed by atoms with E-state index in [1.54, 1.807) is 0 Å². The van der Waals surface area contributed by atoms with E-state index in [9.17, 15) is 0 Å². The molecule has 2 nitrogen and oxygen atoms in total. The van der Waals surface area contributed by atoms with Crippen LogP contribution in [0.5, 0.6) is 0 Å². The molecular weight excluding hydrogens is 208 g/mol. The highest BCUT2D eigenvalue weighted by atomic mass is 15.1. The number of aromatic nitrogens is 1. The lowest BCUT2D eigenvalue weighted by molar-refractivity contribution is -0.595. The van der Waals surface area contributed by atoms with Crippen LogP contribution in [0.1, 0.15) is 13.8 Å². The third kappa shape index (κ3) is 2.64. The first-order valence-corrected chi connectivity index (χ1v) is 6.16. The van der Waals surface area contributed by atoms with Crippen molar-refractivity contribution in [3.8, 4) is 5.69 Å². The molecule has 1 aromatic carbocycles. The van der Waals surface area contributed by atoms with Crippen molar-refractivity contribution in [3.63, 3.8) is 0 Å². The maximum atomic E-state index is 2.34. The molecule has 2 aromatic rings. The van der Waals surface area contributed by atoms with Crippen molar-refractivity contribution in [2.24, 2.45) is 0 Å². The van der Waals surface area contributed by atoms with E-state index in [0.717, 1.165) is 13.1 Å². The average molecular weight is 227 g/mol. The van der Waals surface area contributed by atoms with Gasteiger partial charge < -0.3 is 4.90 Å². The number of hydrogen-bond donors (Lipinski definition) is 0. The largest absolute Gasteiger partial charge is 0.372 e. The monoisotopic (exact) mass is 227 g/mol. The normalized spacial score (nSPS) is 10.2. The van der Waals surface area contributed by atoms with Crippen molar-refractivity contribution in [1.29, 1.82) is 0 Å². The number of benzene rings is 1. The molecular formula is C15H19N2+. The summed E-state index contributed by atoms with van der Waals surface area (Å²) in [6.07, 6.45) is 4.23. The number of pyridine rings is 1. The van der Waals surface area contributed by atoms with Gasteiger partial charge in [0.2, 0.25) is 5.69 Å². The molecule has 0 amide bonds. The minimum Gasteiger partial charge on any atom is -0.372 e. The van der Waals surface area contributed by atoms with Crippen molar-refractivity contribution in [3.05, 3.63) is 54.9 Å². The van der Waals surface area contributed by atoms with Crippen LogP contribution in [0.4, 0.5) is 5.69 Å². The first-order chi connectivity index (χ1) is 8.35. The minimum atomic E-state index is 1.05. The lowest BCUT2D eigenvalue weighted by atomic mass is 10.3. The molecule has 0 spiro atoms. The first kappa shape index (κ1) is 11.6. The van der Waals surface area contributed by atoms with Gasteiger partial charge >= 0.3 is 0 Å². The summed E-state index contributed by atoms with van der Waals surface area (Å²) in [5.74, 6) is 0. The zero-order valence-electron chi connectivity index (χ0n) is 10.5. The molecule has 17 heavy (non-hydrogen) atoms. The van der Waals surface area contributed by atoms with Crippen molar-refractivity contribution in [2.75, 3.05) is 18.0 Å². The fourth-order valence-electron chi connectivity index (χ4n) is 1.99. The molecule has 0 aliphatic heterocycles. The zero-order valence-corrected chi connectivity index (χ0v) is 10.5.